The highest BCUT2D eigenvalue weighted by Gasteiger charge is 2.13. The quantitative estimate of drug-likeness (QED) is 0.462. The van der Waals surface area contributed by atoms with Crippen LogP contribution in [-0.2, 0) is 11.2 Å². The second kappa shape index (κ2) is 8.60. The second-order valence-corrected chi connectivity index (χ2v) is 7.04. The molecule has 7 nitrogen and oxygen atoms in total. The summed E-state index contributed by atoms with van der Waals surface area (Å²) in [7, 11) is 0. The third-order valence-corrected chi connectivity index (χ3v) is 4.83. The van der Waals surface area contributed by atoms with Gasteiger partial charge in [0, 0.05) is 12.1 Å². The van der Waals surface area contributed by atoms with E-state index in [0.717, 1.165) is 16.7 Å². The summed E-state index contributed by atoms with van der Waals surface area (Å²) < 4.78 is 0. The Morgan fingerprint density at radius 3 is 2.10 bits per heavy atom. The van der Waals surface area contributed by atoms with Gasteiger partial charge in [0.15, 0.2) is 5.78 Å². The van der Waals surface area contributed by atoms with Crippen LogP contribution in [0.2, 0.25) is 0 Å². The minimum absolute atomic E-state index is 0.0425. The van der Waals surface area contributed by atoms with Crippen molar-refractivity contribution in [2.24, 2.45) is 0 Å². The van der Waals surface area contributed by atoms with Gasteiger partial charge in [0.05, 0.1) is 12.1 Å². The highest BCUT2D eigenvalue weighted by molar-refractivity contribution is 5.94. The maximum Gasteiger partial charge on any atom is 0.325 e. The molecule has 0 aliphatic carbocycles. The van der Waals surface area contributed by atoms with Crippen LogP contribution in [0.4, 0.5) is 0 Å². The summed E-state index contributed by atoms with van der Waals surface area (Å²) in [4.78, 5) is 39.1. The van der Waals surface area contributed by atoms with Crippen LogP contribution >= 0.6 is 0 Å². The molecule has 0 radical (unpaired) electrons. The standard InChI is InChI=1S/C22H23N3O4/c1-13(12-23-20(27)11-19-21(28)25-22(29)24-19)15-3-7-17(8-4-15)18-9-5-16(6-10-18)14(2)26/h3-10,13,28H,11-12H2,1-2H3,(H,23,27)(H2,24,25,29). The molecule has 150 valence electrons. The van der Waals surface area contributed by atoms with Crippen molar-refractivity contribution < 1.29 is 14.7 Å². The lowest BCUT2D eigenvalue weighted by Gasteiger charge is -2.14. The van der Waals surface area contributed by atoms with Gasteiger partial charge in [-0.05, 0) is 29.5 Å². The number of ketones is 1. The average molecular weight is 393 g/mol. The fraction of sp³-hybridized carbons (Fsp3) is 0.227. The zero-order valence-electron chi connectivity index (χ0n) is 16.3. The molecule has 1 heterocycles. The van der Waals surface area contributed by atoms with E-state index in [2.05, 4.69) is 15.3 Å². The summed E-state index contributed by atoms with van der Waals surface area (Å²) in [5.74, 6) is -0.470. The fourth-order valence-corrected chi connectivity index (χ4v) is 3.05. The van der Waals surface area contributed by atoms with Gasteiger partial charge in [-0.1, -0.05) is 55.5 Å². The Bertz CT molecular complexity index is 1060. The highest BCUT2D eigenvalue weighted by Crippen LogP contribution is 2.23. The Morgan fingerprint density at radius 1 is 1.00 bits per heavy atom. The summed E-state index contributed by atoms with van der Waals surface area (Å²) in [5, 5.41) is 12.3. The number of carbonyl (C=O) groups is 2. The van der Waals surface area contributed by atoms with Crippen LogP contribution < -0.4 is 11.0 Å². The molecule has 0 aliphatic rings. The summed E-state index contributed by atoms with van der Waals surface area (Å²) in [6.45, 7) is 3.98. The molecule has 1 unspecified atom stereocenters. The van der Waals surface area contributed by atoms with E-state index in [0.29, 0.717) is 12.1 Å². The van der Waals surface area contributed by atoms with E-state index in [1.807, 2.05) is 55.5 Å². The van der Waals surface area contributed by atoms with Gasteiger partial charge in [-0.25, -0.2) is 4.79 Å². The van der Waals surface area contributed by atoms with Crippen molar-refractivity contribution in [1.29, 1.82) is 0 Å². The number of H-pyrrole nitrogens is 2. The predicted octanol–water partition coefficient (Wildman–Crippen LogP) is 2.74. The van der Waals surface area contributed by atoms with E-state index in [-0.39, 0.29) is 35.6 Å². The number of imidazole rings is 1. The minimum atomic E-state index is -0.547. The molecule has 0 bridgehead atoms. The van der Waals surface area contributed by atoms with Crippen LogP contribution in [0, 0.1) is 0 Å². The van der Waals surface area contributed by atoms with Crippen molar-refractivity contribution >= 4 is 11.7 Å². The molecular weight excluding hydrogens is 370 g/mol. The number of aromatic hydroxyl groups is 1. The zero-order valence-corrected chi connectivity index (χ0v) is 16.3. The summed E-state index contributed by atoms with van der Waals surface area (Å²) >= 11 is 0. The second-order valence-electron chi connectivity index (χ2n) is 7.04. The topological polar surface area (TPSA) is 115 Å². The molecule has 0 aliphatic heterocycles. The molecule has 3 rings (SSSR count). The van der Waals surface area contributed by atoms with Crippen LogP contribution in [0.15, 0.2) is 53.3 Å². The van der Waals surface area contributed by atoms with Crippen molar-refractivity contribution in [3.63, 3.8) is 0 Å². The molecule has 0 fully saturated rings. The van der Waals surface area contributed by atoms with E-state index in [4.69, 9.17) is 0 Å². The summed E-state index contributed by atoms with van der Waals surface area (Å²) in [5.41, 5.74) is 3.46. The Hall–Kier alpha value is -3.61. The van der Waals surface area contributed by atoms with E-state index < -0.39 is 5.69 Å². The molecule has 4 N–H and O–H groups in total. The van der Waals surface area contributed by atoms with Crippen molar-refractivity contribution in [3.05, 3.63) is 75.8 Å². The number of aromatic amines is 2. The molecule has 1 amide bonds. The summed E-state index contributed by atoms with van der Waals surface area (Å²) in [6, 6.07) is 15.5. The number of carbonyl (C=O) groups excluding carboxylic acids is 2. The van der Waals surface area contributed by atoms with E-state index >= 15 is 0 Å². The number of nitrogens with one attached hydrogen (secondary N) is 3. The number of benzene rings is 2. The molecular formula is C22H23N3O4. The molecule has 3 aromatic rings. The van der Waals surface area contributed by atoms with Crippen LogP contribution in [-0.4, -0.2) is 33.3 Å². The molecule has 2 aromatic carbocycles. The maximum absolute atomic E-state index is 12.0. The molecule has 1 atom stereocenters. The predicted molar refractivity (Wildman–Crippen MR) is 110 cm³/mol. The third-order valence-electron chi connectivity index (χ3n) is 4.83. The van der Waals surface area contributed by atoms with Crippen LogP contribution in [0.1, 0.15) is 41.4 Å². The van der Waals surface area contributed by atoms with Gasteiger partial charge in [-0.15, -0.1) is 0 Å². The Labute approximate surface area is 167 Å². The Morgan fingerprint density at radius 2 is 1.59 bits per heavy atom. The monoisotopic (exact) mass is 393 g/mol. The smallest absolute Gasteiger partial charge is 0.325 e. The molecule has 1 aromatic heterocycles. The van der Waals surface area contributed by atoms with Gasteiger partial charge < -0.3 is 15.4 Å². The lowest BCUT2D eigenvalue weighted by Crippen LogP contribution is -2.29. The average Bonchev–Trinajstić information content (AvgIpc) is 3.03. The molecule has 0 saturated heterocycles. The number of hydrogen-bond acceptors (Lipinski definition) is 4. The third kappa shape index (κ3) is 5.01. The molecule has 29 heavy (non-hydrogen) atoms. The first-order valence-corrected chi connectivity index (χ1v) is 9.31. The first-order chi connectivity index (χ1) is 13.8. The van der Waals surface area contributed by atoms with Gasteiger partial charge >= 0.3 is 5.69 Å². The SMILES string of the molecule is CC(=O)c1ccc(-c2ccc(C(C)CNC(=O)Cc3[nH]c(=O)[nH]c3O)cc2)cc1. The van der Waals surface area contributed by atoms with E-state index in [1.165, 1.54) is 0 Å². The van der Waals surface area contributed by atoms with Gasteiger partial charge in [-0.3, -0.25) is 14.6 Å². The minimum Gasteiger partial charge on any atom is -0.493 e. The fourth-order valence-electron chi connectivity index (χ4n) is 3.05. The lowest BCUT2D eigenvalue weighted by molar-refractivity contribution is -0.120. The Balaban J connectivity index is 1.57. The van der Waals surface area contributed by atoms with Crippen LogP contribution in [0.25, 0.3) is 11.1 Å². The van der Waals surface area contributed by atoms with Crippen molar-refractivity contribution in [3.8, 4) is 17.0 Å². The van der Waals surface area contributed by atoms with Crippen LogP contribution in [0.3, 0.4) is 0 Å². The first-order valence-electron chi connectivity index (χ1n) is 9.31. The van der Waals surface area contributed by atoms with Gasteiger partial charge in [-0.2, -0.15) is 0 Å². The van der Waals surface area contributed by atoms with Crippen LogP contribution in [0.5, 0.6) is 5.88 Å². The first kappa shape index (κ1) is 20.1. The van der Waals surface area contributed by atoms with Crippen molar-refractivity contribution in [2.75, 3.05) is 6.54 Å². The molecule has 0 spiro atoms. The van der Waals surface area contributed by atoms with Crippen molar-refractivity contribution in [1.82, 2.24) is 15.3 Å². The maximum atomic E-state index is 12.0. The van der Waals surface area contributed by atoms with Gasteiger partial charge in [0.25, 0.3) is 0 Å². The van der Waals surface area contributed by atoms with E-state index in [1.54, 1.807) is 6.92 Å². The Kier molecular flexibility index (Phi) is 5.97. The normalized spacial score (nSPS) is 11.8. The molecule has 7 heteroatoms. The lowest BCUT2D eigenvalue weighted by atomic mass is 9.97. The van der Waals surface area contributed by atoms with Gasteiger partial charge in [0.1, 0.15) is 0 Å². The van der Waals surface area contributed by atoms with Crippen molar-refractivity contribution in [2.45, 2.75) is 26.2 Å². The molecule has 0 saturated carbocycles. The van der Waals surface area contributed by atoms with Gasteiger partial charge in [0.2, 0.25) is 11.8 Å². The number of Topliss-reactive ketones (excluding diaryl/α,β-unsaturated/α-hetero) is 1. The zero-order chi connectivity index (χ0) is 21.0. The number of rotatable bonds is 7. The number of hydrogen-bond donors (Lipinski definition) is 4. The number of amides is 1. The number of aromatic nitrogens is 2. The largest absolute Gasteiger partial charge is 0.493 e. The van der Waals surface area contributed by atoms with E-state index in [9.17, 15) is 19.5 Å². The summed E-state index contributed by atoms with van der Waals surface area (Å²) in [6.07, 6.45) is -0.105. The highest BCUT2D eigenvalue weighted by atomic mass is 16.3.